The molecule has 0 N–H and O–H groups in total. The Hall–Kier alpha value is -5.49. The van der Waals surface area contributed by atoms with E-state index in [1.165, 1.54) is 10.8 Å². The van der Waals surface area contributed by atoms with Gasteiger partial charge in [0.25, 0.3) is 0 Å². The van der Waals surface area contributed by atoms with Crippen LogP contribution in [-0.4, -0.2) is 28.7 Å². The third kappa shape index (κ3) is 3.61. The van der Waals surface area contributed by atoms with Gasteiger partial charge >= 0.3 is 0 Å². The molecule has 0 unspecified atom stereocenters. The van der Waals surface area contributed by atoms with Crippen LogP contribution in [0.5, 0.6) is 0 Å². The van der Waals surface area contributed by atoms with Crippen molar-refractivity contribution in [2.45, 2.75) is 0 Å². The van der Waals surface area contributed by atoms with E-state index in [0.717, 1.165) is 61.8 Å². The van der Waals surface area contributed by atoms with Crippen molar-refractivity contribution in [2.24, 2.45) is 14.1 Å². The van der Waals surface area contributed by atoms with Crippen LogP contribution in [0.15, 0.2) is 122 Å². The molecule has 4 heterocycles. The molecule has 0 aliphatic heterocycles. The summed E-state index contributed by atoms with van der Waals surface area (Å²) in [5.41, 5.74) is 9.57. The topological polar surface area (TPSA) is 53.5 Å². The number of fused-ring (bicyclic) bond motifs is 4. The maximum Gasteiger partial charge on any atom is 0.141 e. The van der Waals surface area contributed by atoms with Crippen LogP contribution in [0.4, 0.5) is 0 Å². The zero-order valence-corrected chi connectivity index (χ0v) is 22.7. The maximum atomic E-state index is 5.00. The molecule has 8 aromatic rings. The molecule has 0 aliphatic rings. The number of aromatic nitrogens is 6. The maximum absolute atomic E-state index is 5.00. The van der Waals surface area contributed by atoms with E-state index in [1.54, 1.807) is 0 Å². The summed E-state index contributed by atoms with van der Waals surface area (Å²) < 4.78 is 6.61. The minimum Gasteiger partial charge on any atom is -0.334 e. The Balaban J connectivity index is 1.46. The molecule has 4 aromatic heterocycles. The minimum absolute atomic E-state index is 0.927. The molecule has 196 valence electrons. The molecule has 0 amide bonds. The lowest BCUT2D eigenvalue weighted by atomic mass is 10.1. The summed E-state index contributed by atoms with van der Waals surface area (Å²) >= 11 is 0. The fourth-order valence-corrected chi connectivity index (χ4v) is 6.02. The Bertz CT molecular complexity index is 2230. The van der Waals surface area contributed by atoms with Gasteiger partial charge in [-0.25, -0.2) is 9.97 Å². The smallest absolute Gasteiger partial charge is 0.141 e. The first-order chi connectivity index (χ1) is 20.2. The van der Waals surface area contributed by atoms with Gasteiger partial charge < -0.3 is 13.7 Å². The highest BCUT2D eigenvalue weighted by atomic mass is 15.1. The van der Waals surface area contributed by atoms with Crippen molar-refractivity contribution >= 4 is 32.8 Å². The van der Waals surface area contributed by atoms with E-state index in [4.69, 9.17) is 9.97 Å². The van der Waals surface area contributed by atoms with Gasteiger partial charge in [-0.1, -0.05) is 54.6 Å². The van der Waals surface area contributed by atoms with E-state index in [-0.39, 0.29) is 0 Å². The number of rotatable bonds is 4. The average molecular weight is 531 g/mol. The molecular weight excluding hydrogens is 504 g/mol. The number of benzene rings is 4. The summed E-state index contributed by atoms with van der Waals surface area (Å²) in [6.45, 7) is 0. The molecule has 0 saturated carbocycles. The molecule has 6 nitrogen and oxygen atoms in total. The molecule has 0 radical (unpaired) electrons. The van der Waals surface area contributed by atoms with E-state index < -0.39 is 0 Å². The summed E-state index contributed by atoms with van der Waals surface area (Å²) in [6.07, 6.45) is 5.68. The van der Waals surface area contributed by atoms with E-state index >= 15 is 0 Å². The van der Waals surface area contributed by atoms with Gasteiger partial charge in [0.15, 0.2) is 0 Å². The molecule has 8 rings (SSSR count). The lowest BCUT2D eigenvalue weighted by molar-refractivity contribution is 0.925. The van der Waals surface area contributed by atoms with Gasteiger partial charge in [0.2, 0.25) is 0 Å². The third-order valence-corrected chi connectivity index (χ3v) is 7.96. The van der Waals surface area contributed by atoms with Crippen LogP contribution < -0.4 is 0 Å². The van der Waals surface area contributed by atoms with Gasteiger partial charge in [-0.15, -0.1) is 0 Å². The number of imidazole rings is 2. The number of nitrogens with zero attached hydrogens (tertiary/aromatic N) is 6. The molecule has 0 spiro atoms. The number of pyridine rings is 1. The number of hydrogen-bond donors (Lipinski definition) is 0. The first kappa shape index (κ1) is 23.4. The monoisotopic (exact) mass is 530 g/mol. The van der Waals surface area contributed by atoms with Crippen molar-refractivity contribution in [3.05, 3.63) is 122 Å². The minimum atomic E-state index is 0.927. The van der Waals surface area contributed by atoms with Crippen LogP contribution in [0, 0.1) is 0 Å². The molecule has 0 fully saturated rings. The molecular formula is C35H26N6. The Kier molecular flexibility index (Phi) is 5.15. The van der Waals surface area contributed by atoms with Gasteiger partial charge in [-0.05, 0) is 48.5 Å². The van der Waals surface area contributed by atoms with Crippen LogP contribution in [0.1, 0.15) is 0 Å². The highest BCUT2D eigenvalue weighted by molar-refractivity contribution is 6.14. The Labute approximate surface area is 236 Å². The molecule has 4 aromatic carbocycles. The lowest BCUT2D eigenvalue weighted by Gasteiger charge is -2.13. The second-order valence-electron chi connectivity index (χ2n) is 10.4. The predicted molar refractivity (Wildman–Crippen MR) is 166 cm³/mol. The van der Waals surface area contributed by atoms with Crippen LogP contribution in [0.2, 0.25) is 0 Å². The second kappa shape index (κ2) is 9.03. The number of aryl methyl sites for hydroxylation is 2. The first-order valence-electron chi connectivity index (χ1n) is 13.7. The van der Waals surface area contributed by atoms with Crippen molar-refractivity contribution in [3.63, 3.8) is 0 Å². The van der Waals surface area contributed by atoms with E-state index in [2.05, 4.69) is 105 Å². The van der Waals surface area contributed by atoms with Crippen LogP contribution in [0.25, 0.3) is 72.6 Å². The fourth-order valence-electron chi connectivity index (χ4n) is 6.02. The van der Waals surface area contributed by atoms with Crippen LogP contribution in [0.3, 0.4) is 0 Å². The van der Waals surface area contributed by atoms with Gasteiger partial charge in [0.05, 0.1) is 27.8 Å². The Morgan fingerprint density at radius 1 is 0.610 bits per heavy atom. The fraction of sp³-hybridized carbons (Fsp3) is 0.0571. The standard InChI is InChI=1S/C35H26N6/c1-39-20-19-37-35(39)28-12-8-11-27-26-17-16-24(34-38-30-14-3-4-15-31(30)40(34)2)22-32(26)41(33(27)28)25-10-7-9-23(21-25)29-13-5-6-18-36-29/h3-22H,1-2H3. The predicted octanol–water partition coefficient (Wildman–Crippen LogP) is 7.80. The molecule has 41 heavy (non-hydrogen) atoms. The van der Waals surface area contributed by atoms with E-state index in [0.29, 0.717) is 0 Å². The summed E-state index contributed by atoms with van der Waals surface area (Å²) in [6, 6.07) is 36.1. The zero-order chi connectivity index (χ0) is 27.5. The number of para-hydroxylation sites is 3. The quantitative estimate of drug-likeness (QED) is 0.233. The summed E-state index contributed by atoms with van der Waals surface area (Å²) in [5, 5.41) is 2.36. The summed E-state index contributed by atoms with van der Waals surface area (Å²) in [7, 11) is 4.12. The Morgan fingerprint density at radius 3 is 2.32 bits per heavy atom. The molecule has 6 heteroatoms. The molecule has 0 saturated heterocycles. The third-order valence-electron chi connectivity index (χ3n) is 7.96. The van der Waals surface area contributed by atoms with Gasteiger partial charge in [-0.3, -0.25) is 4.98 Å². The van der Waals surface area contributed by atoms with Crippen molar-refractivity contribution in [1.29, 1.82) is 0 Å². The average Bonchev–Trinajstić information content (AvgIpc) is 3.70. The normalized spacial score (nSPS) is 11.7. The molecule has 0 bridgehead atoms. The van der Waals surface area contributed by atoms with Gasteiger partial charge in [0.1, 0.15) is 11.6 Å². The van der Waals surface area contributed by atoms with Crippen molar-refractivity contribution in [3.8, 4) is 39.7 Å². The van der Waals surface area contributed by atoms with Gasteiger partial charge in [0, 0.05) is 65.8 Å². The van der Waals surface area contributed by atoms with Crippen LogP contribution >= 0.6 is 0 Å². The summed E-state index contributed by atoms with van der Waals surface area (Å²) in [5.74, 6) is 1.87. The van der Waals surface area contributed by atoms with E-state index in [9.17, 15) is 0 Å². The van der Waals surface area contributed by atoms with E-state index in [1.807, 2.05) is 49.9 Å². The van der Waals surface area contributed by atoms with Crippen LogP contribution in [-0.2, 0) is 14.1 Å². The van der Waals surface area contributed by atoms with Gasteiger partial charge in [-0.2, -0.15) is 0 Å². The first-order valence-corrected chi connectivity index (χ1v) is 13.7. The lowest BCUT2D eigenvalue weighted by Crippen LogP contribution is -1.99. The number of hydrogen-bond acceptors (Lipinski definition) is 3. The molecule has 0 atom stereocenters. The second-order valence-corrected chi connectivity index (χ2v) is 10.4. The SMILES string of the molecule is Cn1ccnc1-c1cccc2c3ccc(-c4nc5ccccc5n4C)cc3n(-c3cccc(-c4ccccn4)c3)c12. The zero-order valence-electron chi connectivity index (χ0n) is 22.7. The largest absolute Gasteiger partial charge is 0.334 e. The van der Waals surface area contributed by atoms with Crippen molar-refractivity contribution in [2.75, 3.05) is 0 Å². The highest BCUT2D eigenvalue weighted by Gasteiger charge is 2.20. The summed E-state index contributed by atoms with van der Waals surface area (Å²) in [4.78, 5) is 14.4. The van der Waals surface area contributed by atoms with Crippen molar-refractivity contribution in [1.82, 2.24) is 28.7 Å². The Morgan fingerprint density at radius 2 is 1.49 bits per heavy atom. The molecule has 0 aliphatic carbocycles. The highest BCUT2D eigenvalue weighted by Crippen LogP contribution is 2.39. The van der Waals surface area contributed by atoms with Crippen molar-refractivity contribution < 1.29 is 0 Å².